The lowest BCUT2D eigenvalue weighted by Gasteiger charge is -2.22. The van der Waals surface area contributed by atoms with Crippen LogP contribution in [-0.4, -0.2) is 14.1 Å². The Morgan fingerprint density at radius 2 is 1.10 bits per heavy atom. The van der Waals surface area contributed by atoms with E-state index in [9.17, 15) is 0 Å². The zero-order chi connectivity index (χ0) is 52.3. The Kier molecular flexibility index (Phi) is 9.65. The van der Waals surface area contributed by atoms with Crippen LogP contribution in [0.15, 0.2) is 182 Å². The maximum Gasteiger partial charge on any atom is 0.137 e. The molecule has 0 unspecified atom stereocenters. The van der Waals surface area contributed by atoms with Crippen LogP contribution in [-0.2, 0) is 22.9 Å². The van der Waals surface area contributed by atoms with Gasteiger partial charge in [-0.05, 0) is 121 Å². The fourth-order valence-corrected chi connectivity index (χ4v) is 11.0. The van der Waals surface area contributed by atoms with Crippen molar-refractivity contribution in [1.29, 1.82) is 0 Å². The molecule has 3 aromatic heterocycles. The number of hydrogen-bond acceptors (Lipinski definition) is 3. The molecule has 11 aromatic rings. The number of nitrogens with zero attached hydrogens (tertiary/aromatic N) is 4. The van der Waals surface area contributed by atoms with E-state index in [1.807, 2.05) is 24.4 Å². The van der Waals surface area contributed by atoms with Crippen molar-refractivity contribution < 1.29 is 8.85 Å². The van der Waals surface area contributed by atoms with Gasteiger partial charge in [0.25, 0.3) is 0 Å². The summed E-state index contributed by atoms with van der Waals surface area (Å²) in [7, 11) is 0. The summed E-state index contributed by atoms with van der Waals surface area (Å²) >= 11 is 0. The van der Waals surface area contributed by atoms with Crippen molar-refractivity contribution in [3.63, 3.8) is 0 Å². The van der Waals surface area contributed by atoms with Gasteiger partial charge in [0.1, 0.15) is 24.0 Å². The third-order valence-corrected chi connectivity index (χ3v) is 14.8. The summed E-state index contributed by atoms with van der Waals surface area (Å²) in [5, 5.41) is 9.06. The van der Waals surface area contributed by atoms with Crippen molar-refractivity contribution in [2.75, 3.05) is 4.90 Å². The van der Waals surface area contributed by atoms with Gasteiger partial charge in [-0.15, -0.1) is 0 Å². The molecule has 0 fully saturated rings. The second-order valence-electron chi connectivity index (χ2n) is 22.8. The van der Waals surface area contributed by atoms with Gasteiger partial charge in [-0.2, -0.15) is 0 Å². The smallest absolute Gasteiger partial charge is 0.137 e. The van der Waals surface area contributed by atoms with Crippen LogP contribution < -0.4 is 9.64 Å². The first-order valence-electron chi connectivity index (χ1n) is 26.7. The number of hydrogen-bond donors (Lipinski definition) is 0. The number of aryl methyl sites for hydroxylation is 1. The van der Waals surface area contributed by atoms with Gasteiger partial charge in [0.2, 0.25) is 0 Å². The molecule has 0 spiro atoms. The van der Waals surface area contributed by atoms with Crippen molar-refractivity contribution in [3.8, 4) is 28.4 Å². The summed E-state index contributed by atoms with van der Waals surface area (Å²) < 4.78 is 37.6. The summed E-state index contributed by atoms with van der Waals surface area (Å²) in [5.41, 5.74) is 11.4. The quantitative estimate of drug-likeness (QED) is 0.172. The summed E-state index contributed by atoms with van der Waals surface area (Å²) in [6, 6.07) is 62.5. The van der Waals surface area contributed by atoms with E-state index in [0.29, 0.717) is 18.0 Å². The van der Waals surface area contributed by atoms with E-state index >= 15 is 0 Å². The highest BCUT2D eigenvalue weighted by atomic mass is 16.5. The van der Waals surface area contributed by atoms with Gasteiger partial charge < -0.3 is 14.2 Å². The topological polar surface area (TPSA) is 35.2 Å². The summed E-state index contributed by atoms with van der Waals surface area (Å²) in [6.45, 7) is 18.2. The minimum atomic E-state index is -2.30. The lowest BCUT2D eigenvalue weighted by molar-refractivity contribution is 0.483. The molecule has 8 aromatic carbocycles. The predicted octanol–water partition coefficient (Wildman–Crippen LogP) is 18.5. The SMILES string of the molecule is [2H]C([2H])([2H])c1cc(-c2cccc3c4ccccc4c4ccc(C(C)(C)C)cc4c4cccc5c4n(c23)CN5c2cccc(Oc3ccc4c5ccccc5n(-c5cc(C(C)(C)C)ccn5)c4c3)c2)cc(C(C)(C)C)c1. The number of rotatable bonds is 5. The zero-order valence-corrected chi connectivity index (χ0v) is 42.7. The largest absolute Gasteiger partial charge is 0.457 e. The number of benzene rings is 8. The average Bonchev–Trinajstić information content (AvgIpc) is 3.95. The number of pyridine rings is 1. The van der Waals surface area contributed by atoms with E-state index in [-0.39, 0.29) is 16.2 Å². The van der Waals surface area contributed by atoms with Gasteiger partial charge in [-0.1, -0.05) is 177 Å². The molecule has 72 heavy (non-hydrogen) atoms. The normalized spacial score (nSPS) is 13.8. The Morgan fingerprint density at radius 1 is 0.472 bits per heavy atom. The minimum Gasteiger partial charge on any atom is -0.457 e. The fourth-order valence-electron chi connectivity index (χ4n) is 11.0. The van der Waals surface area contributed by atoms with Crippen LogP contribution in [0.25, 0.3) is 82.1 Å². The molecular formula is C67H62N4O. The van der Waals surface area contributed by atoms with Crippen molar-refractivity contribution in [3.05, 3.63) is 204 Å². The molecule has 1 aliphatic rings. The third-order valence-electron chi connectivity index (χ3n) is 14.8. The predicted molar refractivity (Wildman–Crippen MR) is 306 cm³/mol. The fraction of sp³-hybridized carbons (Fsp3) is 0.209. The van der Waals surface area contributed by atoms with Gasteiger partial charge in [0, 0.05) is 55.2 Å². The number of para-hydroxylation sites is 3. The number of ether oxygens (including phenoxy) is 1. The zero-order valence-electron chi connectivity index (χ0n) is 45.7. The number of aromatic nitrogens is 3. The standard InChI is InChI=1S/C67H62N4O/c1-42-34-43(36-46(35-42)67(8,9)10)50-23-16-24-56-52-21-12-11-20-51(52)53-30-28-44(65(2,3)4)37-58(53)57-25-17-27-60-64(57)70(63(50)56)41-69(60)47-18-15-19-48(39-47)72-49-29-31-55-54-22-13-14-26-59(54)71(61(55)40-49)62-38-45(32-33-68-62)66(5,6)7/h11-40H,41H2,1-10H3/i1D3. The first kappa shape index (κ1) is 41.9. The molecule has 5 heteroatoms. The highest BCUT2D eigenvalue weighted by Gasteiger charge is 2.27. The molecule has 356 valence electrons. The van der Waals surface area contributed by atoms with Gasteiger partial charge in [0.05, 0.1) is 27.8 Å². The molecule has 0 amide bonds. The highest BCUT2D eigenvalue weighted by Crippen LogP contribution is 2.46. The van der Waals surface area contributed by atoms with Crippen LogP contribution >= 0.6 is 0 Å². The molecule has 0 saturated carbocycles. The van der Waals surface area contributed by atoms with Crippen LogP contribution in [0.5, 0.6) is 11.5 Å². The lowest BCUT2D eigenvalue weighted by atomic mass is 9.84. The molecular weight excluding hydrogens is 877 g/mol. The van der Waals surface area contributed by atoms with Gasteiger partial charge in [-0.3, -0.25) is 4.57 Å². The Balaban J connectivity index is 1.08. The molecule has 4 heterocycles. The van der Waals surface area contributed by atoms with E-state index in [4.69, 9.17) is 13.8 Å². The minimum absolute atomic E-state index is 0.0411. The van der Waals surface area contributed by atoms with Gasteiger partial charge >= 0.3 is 0 Å². The first-order valence-corrected chi connectivity index (χ1v) is 25.2. The molecule has 0 atom stereocenters. The summed E-state index contributed by atoms with van der Waals surface area (Å²) in [6.07, 6.45) is 1.91. The van der Waals surface area contributed by atoms with Crippen LogP contribution in [0.2, 0.25) is 0 Å². The first-order chi connectivity index (χ1) is 35.7. The van der Waals surface area contributed by atoms with E-state index in [2.05, 4.69) is 234 Å². The van der Waals surface area contributed by atoms with Crippen LogP contribution in [0, 0.1) is 6.85 Å². The van der Waals surface area contributed by atoms with Crippen LogP contribution in [0.4, 0.5) is 11.4 Å². The average molecular weight is 942 g/mol. The van der Waals surface area contributed by atoms with Crippen molar-refractivity contribution in [2.24, 2.45) is 0 Å². The van der Waals surface area contributed by atoms with E-state index < -0.39 is 6.85 Å². The van der Waals surface area contributed by atoms with E-state index in [1.165, 1.54) is 11.1 Å². The summed E-state index contributed by atoms with van der Waals surface area (Å²) in [5.74, 6) is 2.31. The monoisotopic (exact) mass is 942 g/mol. The molecule has 1 aliphatic heterocycles. The summed E-state index contributed by atoms with van der Waals surface area (Å²) in [4.78, 5) is 7.31. The Bertz CT molecular complexity index is 4160. The second-order valence-corrected chi connectivity index (χ2v) is 22.8. The molecule has 0 saturated heterocycles. The Hall–Kier alpha value is -7.89. The maximum absolute atomic E-state index is 8.67. The highest BCUT2D eigenvalue weighted by molar-refractivity contribution is 6.22. The molecule has 0 aliphatic carbocycles. The second kappa shape index (κ2) is 16.6. The van der Waals surface area contributed by atoms with Gasteiger partial charge in [-0.25, -0.2) is 4.98 Å². The Labute approximate surface area is 427 Å². The number of anilines is 2. The van der Waals surface area contributed by atoms with E-state index in [0.717, 1.165) is 105 Å². The van der Waals surface area contributed by atoms with Crippen LogP contribution in [0.1, 0.15) is 88.7 Å². The third kappa shape index (κ3) is 7.65. The van der Waals surface area contributed by atoms with E-state index in [1.54, 1.807) is 0 Å². The maximum atomic E-state index is 8.67. The molecule has 12 rings (SSSR count). The number of fused-ring (bicyclic) bond motifs is 10. The Morgan fingerprint density at radius 3 is 1.86 bits per heavy atom. The molecule has 0 radical (unpaired) electrons. The van der Waals surface area contributed by atoms with Crippen LogP contribution in [0.3, 0.4) is 0 Å². The van der Waals surface area contributed by atoms with Crippen molar-refractivity contribution in [2.45, 2.75) is 92.1 Å². The molecule has 0 N–H and O–H groups in total. The molecule has 5 nitrogen and oxygen atoms in total. The lowest BCUT2D eigenvalue weighted by Crippen LogP contribution is -2.15. The van der Waals surface area contributed by atoms with Gasteiger partial charge in [0.15, 0.2) is 0 Å². The van der Waals surface area contributed by atoms with Crippen molar-refractivity contribution >= 4 is 76.5 Å². The van der Waals surface area contributed by atoms with Crippen molar-refractivity contribution in [1.82, 2.24) is 14.1 Å². The molecule has 0 bridgehead atoms.